The number of hydrogen-bond donors (Lipinski definition) is 0. The molecular formula is C12H13ClN2OS. The number of hydrogen-bond acceptors (Lipinski definition) is 4. The van der Waals surface area contributed by atoms with Gasteiger partial charge in [0, 0.05) is 5.56 Å². The highest BCUT2D eigenvalue weighted by Crippen LogP contribution is 2.25. The second kappa shape index (κ2) is 5.98. The Morgan fingerprint density at radius 2 is 2.06 bits per heavy atom. The van der Waals surface area contributed by atoms with E-state index in [1.807, 2.05) is 24.3 Å². The molecule has 0 atom stereocenters. The van der Waals surface area contributed by atoms with Crippen molar-refractivity contribution in [1.82, 2.24) is 9.36 Å². The summed E-state index contributed by atoms with van der Waals surface area (Å²) in [6, 6.07) is 7.83. The number of benzene rings is 1. The molecule has 0 amide bonds. The van der Waals surface area contributed by atoms with Gasteiger partial charge in [-0.1, -0.05) is 13.3 Å². The van der Waals surface area contributed by atoms with Crippen LogP contribution in [0.3, 0.4) is 0 Å². The van der Waals surface area contributed by atoms with E-state index in [4.69, 9.17) is 16.3 Å². The van der Waals surface area contributed by atoms with Crippen LogP contribution in [0.25, 0.3) is 10.6 Å². The average molecular weight is 269 g/mol. The largest absolute Gasteiger partial charge is 0.494 e. The van der Waals surface area contributed by atoms with E-state index in [9.17, 15) is 0 Å². The molecule has 90 valence electrons. The third-order valence-corrected chi connectivity index (χ3v) is 3.30. The monoisotopic (exact) mass is 268 g/mol. The van der Waals surface area contributed by atoms with Crippen LogP contribution in [0.15, 0.2) is 24.3 Å². The van der Waals surface area contributed by atoms with Crippen molar-refractivity contribution in [2.75, 3.05) is 6.61 Å². The van der Waals surface area contributed by atoms with Crippen molar-refractivity contribution in [2.45, 2.75) is 19.8 Å². The van der Waals surface area contributed by atoms with E-state index in [2.05, 4.69) is 16.3 Å². The van der Waals surface area contributed by atoms with Crippen molar-refractivity contribution < 1.29 is 4.74 Å². The van der Waals surface area contributed by atoms with Crippen LogP contribution in [-0.4, -0.2) is 16.0 Å². The Morgan fingerprint density at radius 1 is 1.29 bits per heavy atom. The van der Waals surface area contributed by atoms with E-state index in [0.717, 1.165) is 35.8 Å². The number of rotatable bonds is 5. The number of halogens is 1. The van der Waals surface area contributed by atoms with E-state index in [0.29, 0.717) is 5.28 Å². The first kappa shape index (κ1) is 12.3. The van der Waals surface area contributed by atoms with Gasteiger partial charge in [-0.15, -0.1) is 0 Å². The van der Waals surface area contributed by atoms with E-state index in [1.165, 1.54) is 11.5 Å². The normalized spacial score (nSPS) is 10.5. The van der Waals surface area contributed by atoms with Crippen LogP contribution in [0.1, 0.15) is 19.8 Å². The summed E-state index contributed by atoms with van der Waals surface area (Å²) in [6.07, 6.45) is 2.22. The maximum Gasteiger partial charge on any atom is 0.234 e. The van der Waals surface area contributed by atoms with Crippen molar-refractivity contribution in [3.8, 4) is 16.3 Å². The Morgan fingerprint density at radius 3 is 2.65 bits per heavy atom. The van der Waals surface area contributed by atoms with Gasteiger partial charge in [0.25, 0.3) is 0 Å². The SMILES string of the molecule is CCCCOc1ccc(-c2nc(Cl)ns2)cc1. The predicted molar refractivity (Wildman–Crippen MR) is 70.8 cm³/mol. The summed E-state index contributed by atoms with van der Waals surface area (Å²) in [4.78, 5) is 4.12. The quantitative estimate of drug-likeness (QED) is 0.768. The third kappa shape index (κ3) is 3.41. The Balaban J connectivity index is 2.02. The molecule has 0 aliphatic carbocycles. The van der Waals surface area contributed by atoms with Gasteiger partial charge in [-0.25, -0.2) is 4.98 Å². The molecule has 3 nitrogen and oxygen atoms in total. The van der Waals surface area contributed by atoms with Gasteiger partial charge >= 0.3 is 0 Å². The van der Waals surface area contributed by atoms with E-state index in [1.54, 1.807) is 0 Å². The molecule has 0 N–H and O–H groups in total. The maximum absolute atomic E-state index is 5.69. The summed E-state index contributed by atoms with van der Waals surface area (Å²) < 4.78 is 9.52. The van der Waals surface area contributed by atoms with Crippen LogP contribution in [0.5, 0.6) is 5.75 Å². The van der Waals surface area contributed by atoms with E-state index >= 15 is 0 Å². The molecule has 0 unspecified atom stereocenters. The van der Waals surface area contributed by atoms with Gasteiger partial charge < -0.3 is 4.74 Å². The van der Waals surface area contributed by atoms with Gasteiger partial charge in [0.05, 0.1) is 6.61 Å². The van der Waals surface area contributed by atoms with Gasteiger partial charge in [0.1, 0.15) is 10.8 Å². The highest BCUT2D eigenvalue weighted by Gasteiger charge is 2.04. The van der Waals surface area contributed by atoms with Crippen molar-refractivity contribution in [3.63, 3.8) is 0 Å². The molecule has 1 aromatic heterocycles. The predicted octanol–water partition coefficient (Wildman–Crippen LogP) is 4.04. The number of ether oxygens (including phenoxy) is 1. The van der Waals surface area contributed by atoms with Crippen LogP contribution in [-0.2, 0) is 0 Å². The minimum atomic E-state index is 0.299. The van der Waals surface area contributed by atoms with Gasteiger partial charge in [-0.3, -0.25) is 0 Å². The minimum absolute atomic E-state index is 0.299. The van der Waals surface area contributed by atoms with Crippen LogP contribution in [0.4, 0.5) is 0 Å². The Labute approximate surface area is 110 Å². The fourth-order valence-electron chi connectivity index (χ4n) is 1.35. The summed E-state index contributed by atoms with van der Waals surface area (Å²) in [5.74, 6) is 0.887. The first-order chi connectivity index (χ1) is 8.29. The van der Waals surface area contributed by atoms with Crippen molar-refractivity contribution in [1.29, 1.82) is 0 Å². The lowest BCUT2D eigenvalue weighted by atomic mass is 10.2. The second-order valence-electron chi connectivity index (χ2n) is 3.59. The molecule has 0 aliphatic rings. The van der Waals surface area contributed by atoms with Crippen LogP contribution >= 0.6 is 23.1 Å². The molecular weight excluding hydrogens is 256 g/mol. The highest BCUT2D eigenvalue weighted by atomic mass is 35.5. The lowest BCUT2D eigenvalue weighted by molar-refractivity contribution is 0.309. The average Bonchev–Trinajstić information content (AvgIpc) is 2.77. The second-order valence-corrected chi connectivity index (χ2v) is 4.68. The minimum Gasteiger partial charge on any atom is -0.494 e. The molecule has 0 spiro atoms. The number of unbranched alkanes of at least 4 members (excludes halogenated alkanes) is 1. The summed E-state index contributed by atoms with van der Waals surface area (Å²) in [7, 11) is 0. The number of aromatic nitrogens is 2. The summed E-state index contributed by atoms with van der Waals surface area (Å²) in [6.45, 7) is 2.91. The van der Waals surface area contributed by atoms with Crippen molar-refractivity contribution in [2.24, 2.45) is 0 Å². The zero-order chi connectivity index (χ0) is 12.1. The standard InChI is InChI=1S/C12H13ClN2OS/c1-2-3-8-16-10-6-4-9(5-7-10)11-14-12(13)15-17-11/h4-7H,2-3,8H2,1H3. The molecule has 1 aromatic carbocycles. The fraction of sp³-hybridized carbons (Fsp3) is 0.333. The Hall–Kier alpha value is -1.13. The van der Waals surface area contributed by atoms with Crippen LogP contribution < -0.4 is 4.74 Å². The smallest absolute Gasteiger partial charge is 0.234 e. The molecule has 17 heavy (non-hydrogen) atoms. The molecule has 0 bridgehead atoms. The van der Waals surface area contributed by atoms with Crippen molar-refractivity contribution >= 4 is 23.1 Å². The first-order valence-corrected chi connectivity index (χ1v) is 6.67. The lowest BCUT2D eigenvalue weighted by Gasteiger charge is -2.05. The molecule has 0 radical (unpaired) electrons. The molecule has 0 aliphatic heterocycles. The fourth-order valence-corrected chi connectivity index (χ4v) is 2.16. The summed E-state index contributed by atoms with van der Waals surface area (Å²) in [5, 5.41) is 1.13. The zero-order valence-electron chi connectivity index (χ0n) is 9.52. The molecule has 0 saturated heterocycles. The van der Waals surface area contributed by atoms with Gasteiger partial charge in [0.2, 0.25) is 5.28 Å². The van der Waals surface area contributed by atoms with E-state index in [-0.39, 0.29) is 0 Å². The Kier molecular flexibility index (Phi) is 4.34. The summed E-state index contributed by atoms with van der Waals surface area (Å²) >= 11 is 6.99. The molecule has 2 aromatic rings. The molecule has 0 saturated carbocycles. The van der Waals surface area contributed by atoms with E-state index < -0.39 is 0 Å². The van der Waals surface area contributed by atoms with Crippen LogP contribution in [0.2, 0.25) is 5.28 Å². The Bertz CT molecular complexity index is 470. The third-order valence-electron chi connectivity index (χ3n) is 2.27. The number of nitrogens with zero attached hydrogens (tertiary/aromatic N) is 2. The maximum atomic E-state index is 5.69. The summed E-state index contributed by atoms with van der Waals surface area (Å²) in [5.41, 5.74) is 1.01. The molecule has 0 fully saturated rings. The first-order valence-electron chi connectivity index (χ1n) is 5.52. The van der Waals surface area contributed by atoms with Crippen molar-refractivity contribution in [3.05, 3.63) is 29.5 Å². The molecule has 5 heteroatoms. The topological polar surface area (TPSA) is 35.0 Å². The van der Waals surface area contributed by atoms with Crippen LogP contribution in [0, 0.1) is 0 Å². The van der Waals surface area contributed by atoms with Gasteiger partial charge in [-0.2, -0.15) is 4.37 Å². The molecule has 1 heterocycles. The van der Waals surface area contributed by atoms with Gasteiger partial charge in [0.15, 0.2) is 0 Å². The highest BCUT2D eigenvalue weighted by molar-refractivity contribution is 7.09. The zero-order valence-corrected chi connectivity index (χ0v) is 11.1. The molecule has 2 rings (SSSR count). The van der Waals surface area contributed by atoms with Gasteiger partial charge in [-0.05, 0) is 53.8 Å². The lowest BCUT2D eigenvalue weighted by Crippen LogP contribution is -1.95.